The molecule has 1 N–H and O–H groups in total. The molecule has 0 aliphatic carbocycles. The summed E-state index contributed by atoms with van der Waals surface area (Å²) >= 11 is 0. The fourth-order valence-corrected chi connectivity index (χ4v) is 4.22. The van der Waals surface area contributed by atoms with Crippen LogP contribution in [0.2, 0.25) is 0 Å². The number of fused-ring (bicyclic) bond motifs is 2. The molecule has 4 heterocycles. The molecule has 0 spiro atoms. The lowest BCUT2D eigenvalue weighted by atomic mass is 10.0. The number of amides is 1. The van der Waals surface area contributed by atoms with E-state index in [0.29, 0.717) is 31.3 Å². The highest BCUT2D eigenvalue weighted by atomic mass is 16.5. The topological polar surface area (TPSA) is 77.9 Å². The molecule has 154 valence electrons. The molecule has 8 heteroatoms. The monoisotopic (exact) mass is 398 g/mol. The van der Waals surface area contributed by atoms with E-state index in [1.54, 1.807) is 10.9 Å². The summed E-state index contributed by atoms with van der Waals surface area (Å²) in [6.45, 7) is 8.42. The Hall–Kier alpha value is -2.74. The van der Waals surface area contributed by atoms with Crippen molar-refractivity contribution in [1.29, 1.82) is 0 Å². The molecule has 1 aromatic heterocycles. The molecule has 1 amide bonds. The number of aromatic nitrogens is 2. The first-order valence-corrected chi connectivity index (χ1v) is 10.2. The quantitative estimate of drug-likeness (QED) is 0.856. The molecule has 0 bridgehead atoms. The minimum Gasteiger partial charge on any atom is -0.487 e. The second-order valence-electron chi connectivity index (χ2n) is 8.36. The molecule has 0 atom stereocenters. The fourth-order valence-electron chi connectivity index (χ4n) is 4.22. The third-order valence-corrected chi connectivity index (χ3v) is 5.57. The maximum absolute atomic E-state index is 13.1. The number of nitrogens with zero attached hydrogens (tertiary/aromatic N) is 3. The van der Waals surface area contributed by atoms with Gasteiger partial charge in [-0.05, 0) is 19.9 Å². The molecular formula is C21H26N4O4. The SMILES string of the molecule is CC1(C)Cc2cc(NC(=O)c3cnn4c3OCCC4)c(N3CCOCC3)cc2O1. The van der Waals surface area contributed by atoms with Crippen molar-refractivity contribution in [2.75, 3.05) is 43.1 Å². The number of rotatable bonds is 3. The van der Waals surface area contributed by atoms with Crippen molar-refractivity contribution in [3.05, 3.63) is 29.5 Å². The van der Waals surface area contributed by atoms with E-state index in [4.69, 9.17) is 14.2 Å². The Morgan fingerprint density at radius 2 is 2.00 bits per heavy atom. The van der Waals surface area contributed by atoms with Crippen LogP contribution < -0.4 is 19.7 Å². The molecule has 3 aliphatic heterocycles. The average molecular weight is 398 g/mol. The van der Waals surface area contributed by atoms with Gasteiger partial charge in [-0.1, -0.05) is 0 Å². The Morgan fingerprint density at radius 3 is 2.83 bits per heavy atom. The number of anilines is 2. The molecular weight excluding hydrogens is 372 g/mol. The van der Waals surface area contributed by atoms with Crippen molar-refractivity contribution >= 4 is 17.3 Å². The maximum Gasteiger partial charge on any atom is 0.262 e. The third-order valence-electron chi connectivity index (χ3n) is 5.57. The highest BCUT2D eigenvalue weighted by Gasteiger charge is 2.32. The number of nitrogens with one attached hydrogen (secondary N) is 1. The van der Waals surface area contributed by atoms with Gasteiger partial charge in [0, 0.05) is 44.1 Å². The van der Waals surface area contributed by atoms with Crippen molar-refractivity contribution in [2.24, 2.45) is 0 Å². The molecule has 0 radical (unpaired) electrons. The third kappa shape index (κ3) is 3.42. The predicted molar refractivity (Wildman–Crippen MR) is 108 cm³/mol. The van der Waals surface area contributed by atoms with Crippen LogP contribution in [0.3, 0.4) is 0 Å². The fraction of sp³-hybridized carbons (Fsp3) is 0.524. The van der Waals surface area contributed by atoms with Gasteiger partial charge in [-0.25, -0.2) is 4.68 Å². The Kier molecular flexibility index (Phi) is 4.38. The summed E-state index contributed by atoms with van der Waals surface area (Å²) < 4.78 is 19.1. The maximum atomic E-state index is 13.1. The smallest absolute Gasteiger partial charge is 0.262 e. The van der Waals surface area contributed by atoms with Crippen LogP contribution in [0.5, 0.6) is 11.6 Å². The van der Waals surface area contributed by atoms with E-state index in [-0.39, 0.29) is 11.5 Å². The lowest BCUT2D eigenvalue weighted by Crippen LogP contribution is -2.36. The molecule has 8 nitrogen and oxygen atoms in total. The van der Waals surface area contributed by atoms with Crippen LogP contribution in [0.15, 0.2) is 18.3 Å². The predicted octanol–water partition coefficient (Wildman–Crippen LogP) is 2.47. The summed E-state index contributed by atoms with van der Waals surface area (Å²) in [5.41, 5.74) is 3.07. The van der Waals surface area contributed by atoms with Gasteiger partial charge in [-0.2, -0.15) is 5.10 Å². The van der Waals surface area contributed by atoms with Crippen molar-refractivity contribution in [3.8, 4) is 11.6 Å². The van der Waals surface area contributed by atoms with E-state index in [1.165, 1.54) is 0 Å². The Bertz CT molecular complexity index is 946. The van der Waals surface area contributed by atoms with Crippen LogP contribution in [0, 0.1) is 0 Å². The van der Waals surface area contributed by atoms with Crippen LogP contribution in [0.4, 0.5) is 11.4 Å². The number of carbonyl (C=O) groups is 1. The van der Waals surface area contributed by atoms with Crippen molar-refractivity contribution in [2.45, 2.75) is 38.8 Å². The van der Waals surface area contributed by atoms with Gasteiger partial charge in [0.2, 0.25) is 5.88 Å². The summed E-state index contributed by atoms with van der Waals surface area (Å²) in [6, 6.07) is 4.10. The summed E-state index contributed by atoms with van der Waals surface area (Å²) in [4.78, 5) is 15.3. The van der Waals surface area contributed by atoms with Gasteiger partial charge in [0.15, 0.2) is 0 Å². The van der Waals surface area contributed by atoms with Gasteiger partial charge in [0.1, 0.15) is 16.9 Å². The van der Waals surface area contributed by atoms with E-state index >= 15 is 0 Å². The van der Waals surface area contributed by atoms with Crippen LogP contribution in [-0.4, -0.2) is 54.2 Å². The zero-order valence-electron chi connectivity index (χ0n) is 16.9. The average Bonchev–Trinajstić information content (AvgIpc) is 3.27. The number of hydrogen-bond donors (Lipinski definition) is 1. The number of carbonyl (C=O) groups excluding carboxylic acids is 1. The molecule has 2 aromatic rings. The van der Waals surface area contributed by atoms with E-state index in [0.717, 1.165) is 55.2 Å². The number of benzene rings is 1. The van der Waals surface area contributed by atoms with Gasteiger partial charge in [0.25, 0.3) is 5.91 Å². The number of morpholine rings is 1. The lowest BCUT2D eigenvalue weighted by Gasteiger charge is -2.31. The number of ether oxygens (including phenoxy) is 3. The number of hydrogen-bond acceptors (Lipinski definition) is 6. The molecule has 3 aliphatic rings. The van der Waals surface area contributed by atoms with Crippen LogP contribution in [-0.2, 0) is 17.7 Å². The van der Waals surface area contributed by atoms with E-state index in [1.807, 2.05) is 6.07 Å². The molecule has 29 heavy (non-hydrogen) atoms. The highest BCUT2D eigenvalue weighted by molar-refractivity contribution is 6.07. The van der Waals surface area contributed by atoms with Gasteiger partial charge < -0.3 is 24.4 Å². The normalized spacial score (nSPS) is 19.7. The molecule has 0 saturated carbocycles. The van der Waals surface area contributed by atoms with Crippen LogP contribution in [0.25, 0.3) is 0 Å². The van der Waals surface area contributed by atoms with Gasteiger partial charge >= 0.3 is 0 Å². The van der Waals surface area contributed by atoms with Crippen LogP contribution in [0.1, 0.15) is 36.2 Å². The second kappa shape index (κ2) is 6.95. The van der Waals surface area contributed by atoms with Gasteiger partial charge in [0.05, 0.1) is 37.4 Å². The molecule has 1 saturated heterocycles. The van der Waals surface area contributed by atoms with E-state index in [9.17, 15) is 4.79 Å². The zero-order valence-corrected chi connectivity index (χ0v) is 16.9. The van der Waals surface area contributed by atoms with Crippen molar-refractivity contribution in [3.63, 3.8) is 0 Å². The first-order valence-electron chi connectivity index (χ1n) is 10.2. The largest absolute Gasteiger partial charge is 0.487 e. The highest BCUT2D eigenvalue weighted by Crippen LogP contribution is 2.42. The van der Waals surface area contributed by atoms with Crippen molar-refractivity contribution < 1.29 is 19.0 Å². The molecule has 0 unspecified atom stereocenters. The standard InChI is InChI=1S/C21H26N4O4/c1-21(2)12-14-10-16(17(11-18(14)29-21)24-5-8-27-9-6-24)23-19(26)15-13-22-25-4-3-7-28-20(15)25/h10-11,13H,3-9,12H2,1-2H3,(H,23,26). The molecule has 5 rings (SSSR count). The number of aryl methyl sites for hydroxylation is 1. The first kappa shape index (κ1) is 18.3. The van der Waals surface area contributed by atoms with Crippen molar-refractivity contribution in [1.82, 2.24) is 9.78 Å². The summed E-state index contributed by atoms with van der Waals surface area (Å²) in [5, 5.41) is 7.40. The Morgan fingerprint density at radius 1 is 1.17 bits per heavy atom. The minimum absolute atomic E-state index is 0.208. The second-order valence-corrected chi connectivity index (χ2v) is 8.36. The Balaban J connectivity index is 1.48. The van der Waals surface area contributed by atoms with Gasteiger partial charge in [-0.3, -0.25) is 4.79 Å². The summed E-state index contributed by atoms with van der Waals surface area (Å²) in [6.07, 6.45) is 3.29. The first-order chi connectivity index (χ1) is 14.0. The van der Waals surface area contributed by atoms with Gasteiger partial charge in [-0.15, -0.1) is 0 Å². The zero-order chi connectivity index (χ0) is 20.0. The summed E-state index contributed by atoms with van der Waals surface area (Å²) in [5.74, 6) is 1.23. The summed E-state index contributed by atoms with van der Waals surface area (Å²) in [7, 11) is 0. The minimum atomic E-state index is -0.244. The van der Waals surface area contributed by atoms with E-state index in [2.05, 4.69) is 35.2 Å². The van der Waals surface area contributed by atoms with E-state index < -0.39 is 0 Å². The molecule has 1 aromatic carbocycles. The Labute approximate surface area is 169 Å². The molecule has 1 fully saturated rings. The van der Waals surface area contributed by atoms with Crippen LogP contribution >= 0.6 is 0 Å². The lowest BCUT2D eigenvalue weighted by molar-refractivity contribution is 0.102.